The van der Waals surface area contributed by atoms with E-state index in [9.17, 15) is 19.1 Å². The summed E-state index contributed by atoms with van der Waals surface area (Å²) in [7, 11) is 3.04. The molecule has 0 saturated carbocycles. The lowest BCUT2D eigenvalue weighted by Gasteiger charge is -2.28. The number of benzene rings is 3. The minimum absolute atomic E-state index is 0.0402. The maximum absolute atomic E-state index is 13.8. The first kappa shape index (κ1) is 26.1. The van der Waals surface area contributed by atoms with Gasteiger partial charge in [-0.3, -0.25) is 14.5 Å². The molecule has 1 aliphatic rings. The van der Waals surface area contributed by atoms with Gasteiger partial charge in [0.05, 0.1) is 20.3 Å². The number of carbonyl (C=O) groups excluding carboxylic acids is 2. The summed E-state index contributed by atoms with van der Waals surface area (Å²) in [4.78, 5) is 28.6. The van der Waals surface area contributed by atoms with Crippen molar-refractivity contribution in [1.82, 2.24) is 10.2 Å². The number of hydrogen-bond acceptors (Lipinski definition) is 6. The van der Waals surface area contributed by atoms with E-state index in [4.69, 9.17) is 14.2 Å². The van der Waals surface area contributed by atoms with Crippen molar-refractivity contribution in [1.29, 1.82) is 0 Å². The number of carbonyl (C=O) groups is 2. The van der Waals surface area contributed by atoms with Crippen LogP contribution in [0.5, 0.6) is 11.5 Å². The highest BCUT2D eigenvalue weighted by Crippen LogP contribution is 2.36. The monoisotopic (exact) mass is 508 g/mol. The van der Waals surface area contributed by atoms with Crippen LogP contribution in [0.1, 0.15) is 29.7 Å². The summed E-state index contributed by atoms with van der Waals surface area (Å²) in [6.45, 7) is 1.78. The molecule has 0 bridgehead atoms. The first-order valence-electron chi connectivity index (χ1n) is 11.8. The van der Waals surface area contributed by atoms with Crippen molar-refractivity contribution in [2.24, 2.45) is 0 Å². The molecule has 3 unspecified atom stereocenters. The lowest BCUT2D eigenvalue weighted by molar-refractivity contribution is -0.189. The van der Waals surface area contributed by atoms with Crippen molar-refractivity contribution in [2.45, 2.75) is 37.9 Å². The Balaban J connectivity index is 1.65. The zero-order valence-electron chi connectivity index (χ0n) is 20.8. The van der Waals surface area contributed by atoms with Gasteiger partial charge in [0.1, 0.15) is 17.3 Å². The van der Waals surface area contributed by atoms with E-state index in [0.717, 1.165) is 10.5 Å². The van der Waals surface area contributed by atoms with E-state index in [0.29, 0.717) is 22.6 Å². The minimum Gasteiger partial charge on any atom is -0.497 e. The van der Waals surface area contributed by atoms with E-state index < -0.39 is 35.7 Å². The lowest BCUT2D eigenvalue weighted by Crippen LogP contribution is -2.55. The summed E-state index contributed by atoms with van der Waals surface area (Å²) in [5, 5.41) is 13.6. The Morgan fingerprint density at radius 2 is 1.68 bits per heavy atom. The number of aliphatic hydroxyl groups is 1. The molecule has 0 aliphatic carbocycles. The molecule has 1 saturated heterocycles. The second kappa shape index (κ2) is 11.0. The molecule has 3 aromatic carbocycles. The second-order valence-electron chi connectivity index (χ2n) is 8.78. The molecular formula is C28H29FN2O6. The van der Waals surface area contributed by atoms with Crippen molar-refractivity contribution in [3.8, 4) is 11.5 Å². The van der Waals surface area contributed by atoms with E-state index in [1.165, 1.54) is 38.5 Å². The molecule has 1 heterocycles. The number of ether oxygens (including phenoxy) is 3. The smallest absolute Gasteiger partial charge is 0.269 e. The molecule has 0 radical (unpaired) electrons. The molecule has 37 heavy (non-hydrogen) atoms. The van der Waals surface area contributed by atoms with E-state index in [2.05, 4.69) is 5.32 Å². The predicted octanol–water partition coefficient (Wildman–Crippen LogP) is 3.34. The van der Waals surface area contributed by atoms with E-state index in [-0.39, 0.29) is 13.0 Å². The molecule has 3 atom stereocenters. The number of methoxy groups -OCH3 is 2. The summed E-state index contributed by atoms with van der Waals surface area (Å²) in [5.41, 5.74) is -0.139. The number of nitrogens with one attached hydrogen (secondary N) is 1. The Bertz CT molecular complexity index is 1230. The molecule has 1 fully saturated rings. The van der Waals surface area contributed by atoms with Gasteiger partial charge in [0.25, 0.3) is 11.8 Å². The topological polar surface area (TPSA) is 97.3 Å². The van der Waals surface area contributed by atoms with Crippen LogP contribution in [0.4, 0.5) is 4.39 Å². The molecule has 3 aromatic rings. The highest BCUT2D eigenvalue weighted by atomic mass is 19.1. The van der Waals surface area contributed by atoms with Gasteiger partial charge in [-0.2, -0.15) is 0 Å². The van der Waals surface area contributed by atoms with Crippen LogP contribution in [0, 0.1) is 5.82 Å². The predicted molar refractivity (Wildman–Crippen MR) is 133 cm³/mol. The first-order valence-corrected chi connectivity index (χ1v) is 11.8. The average Bonchev–Trinajstić information content (AvgIpc) is 3.17. The van der Waals surface area contributed by atoms with Crippen LogP contribution < -0.4 is 14.8 Å². The molecule has 8 nitrogen and oxygen atoms in total. The van der Waals surface area contributed by atoms with Gasteiger partial charge < -0.3 is 24.6 Å². The normalized spacial score (nSPS) is 20.0. The quantitative estimate of drug-likeness (QED) is 0.431. The van der Waals surface area contributed by atoms with Gasteiger partial charge in [-0.05, 0) is 47.9 Å². The van der Waals surface area contributed by atoms with E-state index >= 15 is 0 Å². The highest BCUT2D eigenvalue weighted by molar-refractivity contribution is 6.10. The second-order valence-corrected chi connectivity index (χ2v) is 8.78. The molecule has 194 valence electrons. The molecule has 2 N–H and O–H groups in total. The Hall–Kier alpha value is -3.95. The van der Waals surface area contributed by atoms with Crippen LogP contribution >= 0.6 is 0 Å². The third-order valence-corrected chi connectivity index (χ3v) is 6.42. The van der Waals surface area contributed by atoms with Crippen LogP contribution in [0.3, 0.4) is 0 Å². The number of hydrogen-bond donors (Lipinski definition) is 2. The Kier molecular flexibility index (Phi) is 7.75. The van der Waals surface area contributed by atoms with Crippen LogP contribution in [0.2, 0.25) is 0 Å². The largest absolute Gasteiger partial charge is 0.497 e. The van der Waals surface area contributed by atoms with E-state index in [1.54, 1.807) is 25.1 Å². The fourth-order valence-corrected chi connectivity index (χ4v) is 4.39. The molecule has 4 rings (SSSR count). The Morgan fingerprint density at radius 1 is 1.05 bits per heavy atom. The minimum atomic E-state index is -2.07. The van der Waals surface area contributed by atoms with Crippen molar-refractivity contribution in [2.75, 3.05) is 14.2 Å². The molecule has 0 aromatic heterocycles. The fraction of sp³-hybridized carbons (Fsp3) is 0.286. The third-order valence-electron chi connectivity index (χ3n) is 6.42. The first-order chi connectivity index (χ1) is 17.8. The zero-order chi connectivity index (χ0) is 26.6. The molecule has 2 amide bonds. The number of rotatable bonds is 9. The van der Waals surface area contributed by atoms with Crippen LogP contribution in [-0.4, -0.2) is 48.1 Å². The molecule has 0 spiro atoms. The van der Waals surface area contributed by atoms with Gasteiger partial charge in [-0.1, -0.05) is 42.5 Å². The lowest BCUT2D eigenvalue weighted by atomic mass is 9.91. The maximum Gasteiger partial charge on any atom is 0.269 e. The Morgan fingerprint density at radius 3 is 2.27 bits per heavy atom. The van der Waals surface area contributed by atoms with E-state index in [1.807, 2.05) is 30.3 Å². The summed E-state index contributed by atoms with van der Waals surface area (Å²) in [6.07, 6.45) is -1.86. The van der Waals surface area contributed by atoms with Crippen molar-refractivity contribution in [3.05, 3.63) is 95.3 Å². The van der Waals surface area contributed by atoms with Crippen LogP contribution in [0.25, 0.3) is 0 Å². The van der Waals surface area contributed by atoms with Gasteiger partial charge in [0, 0.05) is 19.0 Å². The van der Waals surface area contributed by atoms with Crippen molar-refractivity contribution >= 4 is 11.8 Å². The number of amides is 2. The highest BCUT2D eigenvalue weighted by Gasteiger charge is 2.59. The third kappa shape index (κ3) is 5.42. The van der Waals surface area contributed by atoms with Gasteiger partial charge in [0.15, 0.2) is 0 Å². The summed E-state index contributed by atoms with van der Waals surface area (Å²) in [6, 6.07) is 19.1. The van der Waals surface area contributed by atoms with Gasteiger partial charge in [-0.25, -0.2) is 4.39 Å². The molecular weight excluding hydrogens is 479 g/mol. The SMILES string of the molecule is COc1cc(CNC(=O)C2(Cc3ccc(F)cc3)OC(O)N(C(C)c3ccccc3)C2=O)cc(OC)c1. The standard InChI is InChI=1S/C28H29FN2O6/c1-18(21-7-5-4-6-8-21)31-26(33)28(37-27(31)34,16-19-9-11-22(29)12-10-19)25(32)30-17-20-13-23(35-2)15-24(14-20)36-3/h4-15,18,27,34H,16-17H2,1-3H3,(H,30,32). The average molecular weight is 509 g/mol. The van der Waals surface area contributed by atoms with Gasteiger partial charge >= 0.3 is 0 Å². The Labute approximate surface area is 214 Å². The van der Waals surface area contributed by atoms with Crippen molar-refractivity contribution in [3.63, 3.8) is 0 Å². The summed E-state index contributed by atoms with van der Waals surface area (Å²) in [5.74, 6) is -0.800. The van der Waals surface area contributed by atoms with Crippen LogP contribution in [0.15, 0.2) is 72.8 Å². The number of nitrogens with zero attached hydrogens (tertiary/aromatic N) is 1. The van der Waals surface area contributed by atoms with Crippen LogP contribution in [-0.2, 0) is 27.3 Å². The van der Waals surface area contributed by atoms with Gasteiger partial charge in [0.2, 0.25) is 12.0 Å². The zero-order valence-corrected chi connectivity index (χ0v) is 20.8. The molecule has 9 heteroatoms. The number of aliphatic hydroxyl groups excluding tert-OH is 1. The summed E-state index contributed by atoms with van der Waals surface area (Å²) >= 11 is 0. The summed E-state index contributed by atoms with van der Waals surface area (Å²) < 4.78 is 29.9. The van der Waals surface area contributed by atoms with Gasteiger partial charge in [-0.15, -0.1) is 0 Å². The van der Waals surface area contributed by atoms with Crippen molar-refractivity contribution < 1.29 is 33.3 Å². The molecule has 1 aliphatic heterocycles. The fourth-order valence-electron chi connectivity index (χ4n) is 4.39. The maximum atomic E-state index is 13.8. The number of halogens is 1.